The summed E-state index contributed by atoms with van der Waals surface area (Å²) in [6, 6.07) is 11.0. The number of carbonyl (C=O) groups excluding carboxylic acids is 1. The number of hydrogen-bond acceptors (Lipinski definition) is 14. The van der Waals surface area contributed by atoms with Crippen molar-refractivity contribution < 1.29 is 50.1 Å². The number of allylic oxidation sites excluding steroid dienone is 1. The fourth-order valence-corrected chi connectivity index (χ4v) is 5.18. The molecule has 0 spiro atoms. The van der Waals surface area contributed by atoms with Gasteiger partial charge in [0.1, 0.15) is 40.1 Å². The first-order chi connectivity index (χ1) is 20.8. The second-order valence-electron chi connectivity index (χ2n) is 8.83. The van der Waals surface area contributed by atoms with Crippen molar-refractivity contribution in [1.82, 2.24) is 0 Å². The maximum atomic E-state index is 13.3. The average Bonchev–Trinajstić information content (AvgIpc) is 2.97. The zero-order chi connectivity index (χ0) is 32.2. The van der Waals surface area contributed by atoms with Gasteiger partial charge in [0.15, 0.2) is 5.71 Å². The van der Waals surface area contributed by atoms with E-state index in [1.54, 1.807) is 24.3 Å². The number of azo groups is 1. The molecular weight excluding hydrogens is 622 g/mol. The summed E-state index contributed by atoms with van der Waals surface area (Å²) in [5, 5.41) is 21.1. The molecule has 0 bridgehead atoms. The van der Waals surface area contributed by atoms with Crippen LogP contribution in [0.3, 0.4) is 0 Å². The van der Waals surface area contributed by atoms with E-state index in [1.165, 1.54) is 26.4 Å². The predicted octanol–water partition coefficient (Wildman–Crippen LogP) is 3.21. The maximum Gasteiger partial charge on any atom is 0.296 e. The number of ketones is 1. The van der Waals surface area contributed by atoms with Gasteiger partial charge in [-0.3, -0.25) is 19.3 Å². The van der Waals surface area contributed by atoms with Crippen molar-refractivity contribution in [2.45, 2.75) is 4.90 Å². The van der Waals surface area contributed by atoms with Gasteiger partial charge in [-0.15, -0.1) is 5.11 Å². The van der Waals surface area contributed by atoms with Crippen molar-refractivity contribution in [2.24, 2.45) is 15.3 Å². The first kappa shape index (κ1) is 32.0. The molecule has 0 saturated carbocycles. The second-order valence-corrected chi connectivity index (χ2v) is 11.6. The van der Waals surface area contributed by atoms with Crippen LogP contribution >= 0.6 is 0 Å². The molecule has 0 aliphatic heterocycles. The normalized spacial score (nSPS) is 14.3. The van der Waals surface area contributed by atoms with Crippen molar-refractivity contribution in [3.63, 3.8) is 0 Å². The number of nitrogens with two attached hydrogens (primary N) is 1. The van der Waals surface area contributed by atoms with Gasteiger partial charge in [-0.05, 0) is 48.0 Å². The van der Waals surface area contributed by atoms with E-state index in [-0.39, 0.29) is 52.9 Å². The Kier molecular flexibility index (Phi) is 9.30. The number of anilines is 2. The molecule has 3 aromatic carbocycles. The van der Waals surface area contributed by atoms with Gasteiger partial charge < -0.3 is 25.1 Å². The molecule has 6 N–H and O–H groups in total. The minimum atomic E-state index is -5.08. The van der Waals surface area contributed by atoms with Crippen molar-refractivity contribution in [3.8, 4) is 17.2 Å². The van der Waals surface area contributed by atoms with E-state index in [9.17, 15) is 30.7 Å². The minimum absolute atomic E-state index is 0.0872. The number of benzene rings is 3. The van der Waals surface area contributed by atoms with Crippen LogP contribution in [0.4, 0.5) is 22.7 Å². The number of aliphatic hydroxyl groups is 1. The highest BCUT2D eigenvalue weighted by Crippen LogP contribution is 2.39. The molecule has 4 rings (SSSR count). The van der Waals surface area contributed by atoms with Crippen LogP contribution in [0.2, 0.25) is 0 Å². The SMILES string of the molecule is COc1cc(N/N=C2\C(=O)c3c(N)cc(S(=O)(=O)O)cc3C=C2S(=O)(=O)O)c(OC)cc1/N=N/c1ccc(OCCO)cc1. The molecule has 0 heterocycles. The van der Waals surface area contributed by atoms with Crippen molar-refractivity contribution in [2.75, 3.05) is 38.6 Å². The molecule has 0 radical (unpaired) electrons. The molecule has 0 amide bonds. The number of rotatable bonds is 11. The molecule has 44 heavy (non-hydrogen) atoms. The standard InChI is InChI=1S/C26H25N5O11S2/c1-40-21-13-20(22(41-2)12-19(21)29-28-15-3-5-16(6-4-15)42-8-7-32)30-31-25-23(44(37,38)39)10-14-9-17(43(34,35)36)11-18(27)24(14)26(25)33/h3-6,9-13,30,32H,7-8,27H2,1-2H3,(H,34,35,36)(H,37,38,39)/b29-28+,31-25-. The lowest BCUT2D eigenvalue weighted by molar-refractivity contribution is 0.106. The Morgan fingerprint density at radius 3 is 2.18 bits per heavy atom. The summed E-state index contributed by atoms with van der Waals surface area (Å²) in [7, 11) is -7.16. The van der Waals surface area contributed by atoms with Crippen LogP contribution in [0, 0.1) is 0 Å². The molecule has 0 aromatic heterocycles. The molecule has 18 heteroatoms. The number of hydrazone groups is 1. The summed E-state index contributed by atoms with van der Waals surface area (Å²) >= 11 is 0. The van der Waals surface area contributed by atoms with E-state index in [2.05, 4.69) is 20.8 Å². The second kappa shape index (κ2) is 12.8. The Labute approximate surface area is 251 Å². The fourth-order valence-electron chi connectivity index (χ4n) is 3.97. The molecule has 0 saturated heterocycles. The van der Waals surface area contributed by atoms with Gasteiger partial charge in [-0.2, -0.15) is 27.1 Å². The topological polar surface area (TPSA) is 249 Å². The van der Waals surface area contributed by atoms with E-state index in [0.29, 0.717) is 11.4 Å². The predicted molar refractivity (Wildman–Crippen MR) is 158 cm³/mol. The Bertz CT molecular complexity index is 1920. The third kappa shape index (κ3) is 7.01. The van der Waals surface area contributed by atoms with E-state index < -0.39 is 41.5 Å². The third-order valence-corrected chi connectivity index (χ3v) is 7.67. The smallest absolute Gasteiger partial charge is 0.296 e. The van der Waals surface area contributed by atoms with Crippen molar-refractivity contribution in [3.05, 3.63) is 64.6 Å². The molecular formula is C26H25N5O11S2. The molecule has 16 nitrogen and oxygen atoms in total. The van der Waals surface area contributed by atoms with Gasteiger partial charge in [-0.1, -0.05) is 0 Å². The summed E-state index contributed by atoms with van der Waals surface area (Å²) in [6.07, 6.45) is 0.796. The zero-order valence-corrected chi connectivity index (χ0v) is 24.6. The lowest BCUT2D eigenvalue weighted by Gasteiger charge is -2.19. The van der Waals surface area contributed by atoms with Gasteiger partial charge in [0.2, 0.25) is 5.78 Å². The largest absolute Gasteiger partial charge is 0.494 e. The number of hydrogen-bond donors (Lipinski definition) is 5. The number of Topliss-reactive ketones (excluding diaryl/α,β-unsaturated/α-hetero) is 1. The fraction of sp³-hybridized carbons (Fsp3) is 0.154. The van der Waals surface area contributed by atoms with E-state index in [4.69, 9.17) is 25.1 Å². The first-order valence-electron chi connectivity index (χ1n) is 12.3. The Balaban J connectivity index is 1.70. The Morgan fingerprint density at radius 2 is 1.59 bits per heavy atom. The van der Waals surface area contributed by atoms with Gasteiger partial charge in [0.05, 0.1) is 37.0 Å². The van der Waals surface area contributed by atoms with Crippen LogP contribution in [-0.4, -0.2) is 70.0 Å². The van der Waals surface area contributed by atoms with Crippen molar-refractivity contribution in [1.29, 1.82) is 0 Å². The van der Waals surface area contributed by atoms with Gasteiger partial charge in [0.25, 0.3) is 20.2 Å². The number of ether oxygens (including phenoxy) is 3. The summed E-state index contributed by atoms with van der Waals surface area (Å²) in [5.74, 6) is -0.235. The van der Waals surface area contributed by atoms with Gasteiger partial charge in [0, 0.05) is 17.8 Å². The van der Waals surface area contributed by atoms with E-state index in [1.807, 2.05) is 0 Å². The lowest BCUT2D eigenvalue weighted by Crippen LogP contribution is -2.28. The summed E-state index contributed by atoms with van der Waals surface area (Å²) in [6.45, 7) is 0.0168. The molecule has 0 fully saturated rings. The lowest BCUT2D eigenvalue weighted by atomic mass is 9.93. The number of methoxy groups -OCH3 is 2. The number of nitrogens with one attached hydrogen (secondary N) is 1. The van der Waals surface area contributed by atoms with Crippen LogP contribution in [0.25, 0.3) is 6.08 Å². The summed E-state index contributed by atoms with van der Waals surface area (Å²) in [4.78, 5) is 11.7. The van der Waals surface area contributed by atoms with Crippen LogP contribution < -0.4 is 25.4 Å². The Hall–Kier alpha value is -4.88. The number of aliphatic hydroxyl groups excluding tert-OH is 1. The first-order valence-corrected chi connectivity index (χ1v) is 15.1. The van der Waals surface area contributed by atoms with E-state index in [0.717, 1.165) is 18.2 Å². The zero-order valence-electron chi connectivity index (χ0n) is 23.0. The quantitative estimate of drug-likeness (QED) is 0.0869. The summed E-state index contributed by atoms with van der Waals surface area (Å²) < 4.78 is 82.9. The molecule has 232 valence electrons. The monoisotopic (exact) mass is 647 g/mol. The molecule has 0 atom stereocenters. The maximum absolute atomic E-state index is 13.3. The Morgan fingerprint density at radius 1 is 0.909 bits per heavy atom. The number of nitrogens with zero attached hydrogens (tertiary/aromatic N) is 3. The summed E-state index contributed by atoms with van der Waals surface area (Å²) in [5.41, 5.74) is 7.42. The third-order valence-electron chi connectivity index (χ3n) is 5.97. The molecule has 3 aromatic rings. The van der Waals surface area contributed by atoms with Crippen LogP contribution in [0.5, 0.6) is 17.2 Å². The molecule has 1 aliphatic carbocycles. The highest BCUT2D eigenvalue weighted by Gasteiger charge is 2.35. The van der Waals surface area contributed by atoms with Crippen LogP contribution in [0.15, 0.2) is 73.7 Å². The van der Waals surface area contributed by atoms with E-state index >= 15 is 0 Å². The highest BCUT2D eigenvalue weighted by atomic mass is 32.2. The molecule has 1 aliphatic rings. The van der Waals surface area contributed by atoms with Crippen molar-refractivity contribution >= 4 is 60.6 Å². The van der Waals surface area contributed by atoms with Crippen LogP contribution in [0.1, 0.15) is 15.9 Å². The van der Waals surface area contributed by atoms with Gasteiger partial charge in [-0.25, -0.2) is 0 Å². The number of fused-ring (bicyclic) bond motifs is 1. The number of nitrogen functional groups attached to an aromatic ring is 1. The molecule has 0 unspecified atom stereocenters. The number of carbonyl (C=O) groups is 1. The van der Waals surface area contributed by atoms with Crippen LogP contribution in [-0.2, 0) is 20.2 Å². The minimum Gasteiger partial charge on any atom is -0.494 e. The highest BCUT2D eigenvalue weighted by molar-refractivity contribution is 7.91. The van der Waals surface area contributed by atoms with Gasteiger partial charge >= 0.3 is 0 Å². The average molecular weight is 648 g/mol.